The molecule has 2 heterocycles. The molecule has 3 nitrogen and oxygen atoms in total. The van der Waals surface area contributed by atoms with E-state index in [1.807, 2.05) is 0 Å². The first-order chi connectivity index (χ1) is 8.46. The van der Waals surface area contributed by atoms with Crippen molar-refractivity contribution in [3.8, 4) is 0 Å². The number of aromatic nitrogens is 2. The normalized spacial score (nSPS) is 14.8. The summed E-state index contributed by atoms with van der Waals surface area (Å²) in [6, 6.07) is 0. The Labute approximate surface area is 111 Å². The molecule has 1 aromatic rings. The second-order valence-corrected chi connectivity index (χ2v) is 5.23. The van der Waals surface area contributed by atoms with Crippen LogP contribution in [0, 0.1) is 4.64 Å². The smallest absolute Gasteiger partial charge is 0.372 e. The molecule has 1 N–H and O–H groups in total. The van der Waals surface area contributed by atoms with E-state index in [-0.39, 0.29) is 6.61 Å². The number of halogens is 3. The van der Waals surface area contributed by atoms with Gasteiger partial charge in [-0.05, 0) is 0 Å². The van der Waals surface area contributed by atoms with Crippen LogP contribution in [0.4, 0.5) is 13.2 Å². The van der Waals surface area contributed by atoms with Crippen molar-refractivity contribution in [2.24, 2.45) is 0 Å². The molecular weight excluding hydrogens is 285 g/mol. The van der Waals surface area contributed by atoms with Crippen molar-refractivity contribution in [1.82, 2.24) is 9.97 Å². The highest BCUT2D eigenvalue weighted by molar-refractivity contribution is 7.98. The van der Waals surface area contributed by atoms with Gasteiger partial charge in [0.15, 0.2) is 0 Å². The van der Waals surface area contributed by atoms with Crippen LogP contribution in [-0.2, 0) is 22.7 Å². The van der Waals surface area contributed by atoms with E-state index < -0.39 is 12.8 Å². The van der Waals surface area contributed by atoms with Crippen LogP contribution >= 0.6 is 24.0 Å². The largest absolute Gasteiger partial charge is 0.411 e. The molecule has 8 heteroatoms. The molecule has 0 atom stereocenters. The number of nitrogens with one attached hydrogen (secondary N) is 1. The van der Waals surface area contributed by atoms with Crippen LogP contribution in [0.5, 0.6) is 0 Å². The molecule has 0 saturated carbocycles. The minimum atomic E-state index is -4.28. The lowest BCUT2D eigenvalue weighted by Gasteiger charge is -2.08. The first kappa shape index (κ1) is 13.8. The summed E-state index contributed by atoms with van der Waals surface area (Å²) in [5.74, 6) is 2.28. The van der Waals surface area contributed by atoms with Crippen LogP contribution in [0.25, 0.3) is 0 Å². The third-order valence-electron chi connectivity index (χ3n) is 2.40. The van der Waals surface area contributed by atoms with Crippen LogP contribution < -0.4 is 0 Å². The van der Waals surface area contributed by atoms with Crippen molar-refractivity contribution >= 4 is 24.0 Å². The lowest BCUT2D eigenvalue weighted by atomic mass is 10.2. The van der Waals surface area contributed by atoms with E-state index in [1.165, 1.54) is 0 Å². The fourth-order valence-electron chi connectivity index (χ4n) is 1.60. The highest BCUT2D eigenvalue weighted by Crippen LogP contribution is 2.28. The van der Waals surface area contributed by atoms with Crippen molar-refractivity contribution in [1.29, 1.82) is 0 Å². The maximum absolute atomic E-state index is 11.9. The van der Waals surface area contributed by atoms with E-state index in [1.54, 1.807) is 11.8 Å². The summed E-state index contributed by atoms with van der Waals surface area (Å²) < 4.78 is 40.7. The number of nitrogens with zero attached hydrogens (tertiary/aromatic N) is 1. The maximum atomic E-state index is 11.9. The Bertz CT molecular complexity index is 487. The molecule has 2 rings (SSSR count). The van der Waals surface area contributed by atoms with Gasteiger partial charge in [0.1, 0.15) is 17.1 Å². The zero-order valence-electron chi connectivity index (χ0n) is 9.34. The van der Waals surface area contributed by atoms with Gasteiger partial charge >= 0.3 is 6.18 Å². The summed E-state index contributed by atoms with van der Waals surface area (Å²) in [6.07, 6.45) is -3.98. The van der Waals surface area contributed by atoms with E-state index >= 15 is 0 Å². The van der Waals surface area contributed by atoms with Gasteiger partial charge in [-0.1, -0.05) is 12.2 Å². The van der Waals surface area contributed by atoms with Gasteiger partial charge in [0.25, 0.3) is 0 Å². The van der Waals surface area contributed by atoms with Crippen molar-refractivity contribution < 1.29 is 17.9 Å². The molecule has 1 aliphatic rings. The molecule has 18 heavy (non-hydrogen) atoms. The van der Waals surface area contributed by atoms with Crippen LogP contribution in [0.3, 0.4) is 0 Å². The molecule has 0 fully saturated rings. The predicted molar refractivity (Wildman–Crippen MR) is 65.0 cm³/mol. The first-order valence-electron chi connectivity index (χ1n) is 5.29. The third kappa shape index (κ3) is 3.69. The second-order valence-electron chi connectivity index (χ2n) is 3.86. The van der Waals surface area contributed by atoms with Crippen molar-refractivity contribution in [2.45, 2.75) is 24.1 Å². The summed E-state index contributed by atoms with van der Waals surface area (Å²) in [4.78, 5) is 7.27. The van der Waals surface area contributed by atoms with Crippen molar-refractivity contribution in [3.63, 3.8) is 0 Å². The highest BCUT2D eigenvalue weighted by atomic mass is 32.2. The van der Waals surface area contributed by atoms with Crippen LogP contribution in [0.1, 0.15) is 17.1 Å². The molecular formula is C10H11F3N2OS2. The minimum Gasteiger partial charge on any atom is -0.372 e. The lowest BCUT2D eigenvalue weighted by Crippen LogP contribution is -2.18. The Morgan fingerprint density at radius 2 is 2.17 bits per heavy atom. The van der Waals surface area contributed by atoms with E-state index in [0.717, 1.165) is 22.8 Å². The number of thioether (sulfide) groups is 1. The fraction of sp³-hybridized carbons (Fsp3) is 0.600. The number of fused-ring (bicyclic) bond motifs is 1. The molecule has 0 radical (unpaired) electrons. The van der Waals surface area contributed by atoms with Gasteiger partial charge < -0.3 is 9.72 Å². The molecule has 1 aliphatic heterocycles. The summed E-state index contributed by atoms with van der Waals surface area (Å²) in [5, 5.41) is 0. The van der Waals surface area contributed by atoms with Gasteiger partial charge in [-0.25, -0.2) is 4.98 Å². The average molecular weight is 296 g/mol. The number of hydrogen-bond acceptors (Lipinski definition) is 4. The second kappa shape index (κ2) is 5.58. The Balaban J connectivity index is 1.91. The molecule has 0 aliphatic carbocycles. The molecule has 0 aromatic carbocycles. The molecule has 0 saturated heterocycles. The minimum absolute atomic E-state index is 0.0241. The zero-order chi connectivity index (χ0) is 13.2. The molecule has 0 bridgehead atoms. The van der Waals surface area contributed by atoms with Crippen molar-refractivity contribution in [2.75, 3.05) is 13.2 Å². The standard InChI is InChI=1S/C10H11F3N2OS2/c11-10(12,13)5-16-2-1-8-14-7-4-18-3-6(7)9(17)15-8/h1-5H2,(H,14,15,17). The predicted octanol–water partition coefficient (Wildman–Crippen LogP) is 3.01. The maximum Gasteiger partial charge on any atom is 0.411 e. The molecule has 0 amide bonds. The topological polar surface area (TPSA) is 37.9 Å². The number of ether oxygens (including phenoxy) is 1. The summed E-state index contributed by atoms with van der Waals surface area (Å²) >= 11 is 6.88. The van der Waals surface area contributed by atoms with E-state index in [2.05, 4.69) is 14.7 Å². The summed E-state index contributed by atoms with van der Waals surface area (Å²) in [6.45, 7) is -1.25. The number of rotatable bonds is 4. The number of hydrogen-bond donors (Lipinski definition) is 1. The zero-order valence-corrected chi connectivity index (χ0v) is 11.0. The molecule has 100 valence electrons. The quantitative estimate of drug-likeness (QED) is 0.684. The van der Waals surface area contributed by atoms with Crippen LogP contribution in [0.2, 0.25) is 0 Å². The molecule has 0 unspecified atom stereocenters. The molecule has 1 aromatic heterocycles. The van der Waals surface area contributed by atoms with Crippen molar-refractivity contribution in [3.05, 3.63) is 21.7 Å². The van der Waals surface area contributed by atoms with Gasteiger partial charge in [0.05, 0.1) is 6.61 Å². The number of aromatic amines is 1. The Kier molecular flexibility index (Phi) is 4.29. The van der Waals surface area contributed by atoms with Crippen LogP contribution in [0.15, 0.2) is 0 Å². The third-order valence-corrected chi connectivity index (χ3v) is 3.72. The number of alkyl halides is 3. The monoisotopic (exact) mass is 296 g/mol. The summed E-state index contributed by atoms with van der Waals surface area (Å²) in [5.41, 5.74) is 2.07. The lowest BCUT2D eigenvalue weighted by molar-refractivity contribution is -0.173. The van der Waals surface area contributed by atoms with Gasteiger partial charge in [-0.2, -0.15) is 24.9 Å². The Morgan fingerprint density at radius 3 is 2.89 bits per heavy atom. The van der Waals surface area contributed by atoms with E-state index in [0.29, 0.717) is 16.9 Å². The van der Waals surface area contributed by atoms with Gasteiger partial charge in [-0.15, -0.1) is 0 Å². The summed E-state index contributed by atoms with van der Waals surface area (Å²) in [7, 11) is 0. The fourth-order valence-corrected chi connectivity index (χ4v) is 3.06. The first-order valence-corrected chi connectivity index (χ1v) is 6.85. The van der Waals surface area contributed by atoms with Gasteiger partial charge in [0, 0.05) is 29.2 Å². The SMILES string of the molecule is FC(F)(F)COCCc1nc(=S)c2c([nH]1)CSC2. The van der Waals surface area contributed by atoms with Crippen LogP contribution in [-0.4, -0.2) is 29.4 Å². The average Bonchev–Trinajstić information content (AvgIpc) is 2.71. The van der Waals surface area contributed by atoms with E-state index in [9.17, 15) is 13.2 Å². The Hall–Kier alpha value is -0.600. The van der Waals surface area contributed by atoms with Gasteiger partial charge in [-0.3, -0.25) is 0 Å². The Morgan fingerprint density at radius 1 is 1.39 bits per heavy atom. The number of H-pyrrole nitrogens is 1. The van der Waals surface area contributed by atoms with E-state index in [4.69, 9.17) is 12.2 Å². The van der Waals surface area contributed by atoms with Gasteiger partial charge in [0.2, 0.25) is 0 Å². The molecule has 0 spiro atoms. The highest BCUT2D eigenvalue weighted by Gasteiger charge is 2.27.